The minimum Gasteiger partial charge on any atom is -0.337 e. The van der Waals surface area contributed by atoms with E-state index in [2.05, 4.69) is 14.9 Å². The van der Waals surface area contributed by atoms with Gasteiger partial charge in [-0.05, 0) is 19.8 Å². The highest BCUT2D eigenvalue weighted by Crippen LogP contribution is 2.25. The Balaban J connectivity index is 1.62. The second-order valence-corrected chi connectivity index (χ2v) is 5.86. The van der Waals surface area contributed by atoms with Gasteiger partial charge in [0, 0.05) is 31.9 Å². The lowest BCUT2D eigenvalue weighted by Gasteiger charge is -2.41. The Hall–Kier alpha value is -1.07. The fourth-order valence-electron chi connectivity index (χ4n) is 3.12. The van der Waals surface area contributed by atoms with Crippen LogP contribution >= 0.6 is 11.6 Å². The highest BCUT2D eigenvalue weighted by Gasteiger charge is 2.39. The first-order chi connectivity index (χ1) is 9.15. The number of hydrogen-bond donors (Lipinski definition) is 0. The third-order valence-electron chi connectivity index (χ3n) is 4.23. The zero-order valence-electron chi connectivity index (χ0n) is 11.1. The largest absolute Gasteiger partial charge is 0.337 e. The molecule has 0 aromatic carbocycles. The molecule has 1 amide bonds. The minimum absolute atomic E-state index is 0.0135. The Kier molecular flexibility index (Phi) is 3.50. The quantitative estimate of drug-likeness (QED) is 0.837. The van der Waals surface area contributed by atoms with Crippen molar-refractivity contribution < 1.29 is 4.79 Å². The molecule has 104 valence electrons. The minimum atomic E-state index is -0.0135. The van der Waals surface area contributed by atoms with E-state index in [1.807, 2.05) is 17.8 Å². The van der Waals surface area contributed by atoms with E-state index in [0.29, 0.717) is 11.1 Å². The number of amides is 1. The predicted octanol–water partition coefficient (Wildman–Crippen LogP) is 1.23. The molecule has 2 aliphatic heterocycles. The maximum Gasteiger partial charge on any atom is 0.239 e. The Bertz CT molecular complexity index is 475. The molecular weight excluding hydrogens is 264 g/mol. The SMILES string of the molecule is C[C@H]1C(=O)N2CCC[C@@H]2CN1CCn1cc(Cl)cn1. The number of carbonyl (C=O) groups excluding carboxylic acids is 1. The first-order valence-corrected chi connectivity index (χ1v) is 7.25. The van der Waals surface area contributed by atoms with Crippen LogP contribution in [0.25, 0.3) is 0 Å². The van der Waals surface area contributed by atoms with E-state index in [1.54, 1.807) is 6.20 Å². The second-order valence-electron chi connectivity index (χ2n) is 5.42. The number of hydrogen-bond acceptors (Lipinski definition) is 3. The summed E-state index contributed by atoms with van der Waals surface area (Å²) in [6, 6.07) is 0.408. The molecule has 0 N–H and O–H groups in total. The molecule has 2 atom stereocenters. The maximum absolute atomic E-state index is 12.3. The van der Waals surface area contributed by atoms with Crippen molar-refractivity contribution in [1.82, 2.24) is 19.6 Å². The number of aromatic nitrogens is 2. The van der Waals surface area contributed by atoms with Gasteiger partial charge in [-0.2, -0.15) is 5.10 Å². The van der Waals surface area contributed by atoms with Crippen LogP contribution in [0.1, 0.15) is 19.8 Å². The van der Waals surface area contributed by atoms with Gasteiger partial charge in [-0.15, -0.1) is 0 Å². The van der Waals surface area contributed by atoms with E-state index in [-0.39, 0.29) is 11.9 Å². The smallest absolute Gasteiger partial charge is 0.239 e. The van der Waals surface area contributed by atoms with Crippen LogP contribution in [0.2, 0.25) is 5.02 Å². The molecule has 1 aromatic heterocycles. The van der Waals surface area contributed by atoms with Crippen molar-refractivity contribution >= 4 is 17.5 Å². The molecule has 5 nitrogen and oxygen atoms in total. The molecule has 0 radical (unpaired) electrons. The van der Waals surface area contributed by atoms with Crippen molar-refractivity contribution in [2.45, 2.75) is 38.4 Å². The van der Waals surface area contributed by atoms with Crippen molar-refractivity contribution in [3.05, 3.63) is 17.4 Å². The monoisotopic (exact) mass is 282 g/mol. The average molecular weight is 283 g/mol. The van der Waals surface area contributed by atoms with Gasteiger partial charge in [-0.3, -0.25) is 14.4 Å². The summed E-state index contributed by atoms with van der Waals surface area (Å²) in [5.74, 6) is 0.284. The Morgan fingerprint density at radius 1 is 1.47 bits per heavy atom. The third-order valence-corrected chi connectivity index (χ3v) is 4.42. The van der Waals surface area contributed by atoms with Gasteiger partial charge in [0.05, 0.1) is 23.8 Å². The molecule has 19 heavy (non-hydrogen) atoms. The molecule has 0 spiro atoms. The molecule has 2 saturated heterocycles. The molecule has 2 fully saturated rings. The lowest BCUT2D eigenvalue weighted by Crippen LogP contribution is -2.58. The highest BCUT2D eigenvalue weighted by atomic mass is 35.5. The standard InChI is InChI=1S/C13H19ClN4O/c1-10-13(19)18-4-2-3-12(18)9-16(10)5-6-17-8-11(14)7-15-17/h7-8,10,12H,2-6,9H2,1H3/t10-,12+/m0/s1. The van der Waals surface area contributed by atoms with Crippen molar-refractivity contribution in [2.24, 2.45) is 0 Å². The molecule has 3 heterocycles. The molecular formula is C13H19ClN4O. The molecule has 1 aromatic rings. The van der Waals surface area contributed by atoms with Crippen LogP contribution in [0.15, 0.2) is 12.4 Å². The summed E-state index contributed by atoms with van der Waals surface area (Å²) in [6.45, 7) is 5.55. The lowest BCUT2D eigenvalue weighted by molar-refractivity contribution is -0.142. The summed E-state index contributed by atoms with van der Waals surface area (Å²) in [5.41, 5.74) is 0. The first-order valence-electron chi connectivity index (χ1n) is 6.87. The fraction of sp³-hybridized carbons (Fsp3) is 0.692. The number of nitrogens with zero attached hydrogens (tertiary/aromatic N) is 4. The van der Waals surface area contributed by atoms with Crippen LogP contribution in [0, 0.1) is 0 Å². The van der Waals surface area contributed by atoms with Gasteiger partial charge < -0.3 is 4.90 Å². The summed E-state index contributed by atoms with van der Waals surface area (Å²) >= 11 is 5.85. The number of carbonyl (C=O) groups is 1. The fourth-order valence-corrected chi connectivity index (χ4v) is 3.27. The Labute approximate surface area is 118 Å². The van der Waals surface area contributed by atoms with Crippen LogP contribution < -0.4 is 0 Å². The number of halogens is 1. The average Bonchev–Trinajstić information content (AvgIpc) is 3.01. The second kappa shape index (κ2) is 5.13. The summed E-state index contributed by atoms with van der Waals surface area (Å²) in [5, 5.41) is 4.83. The van der Waals surface area contributed by atoms with Gasteiger partial charge in [-0.1, -0.05) is 11.6 Å². The summed E-state index contributed by atoms with van der Waals surface area (Å²) in [6.07, 6.45) is 5.75. The summed E-state index contributed by atoms with van der Waals surface area (Å²) in [7, 11) is 0. The van der Waals surface area contributed by atoms with Crippen molar-refractivity contribution in [1.29, 1.82) is 0 Å². The van der Waals surface area contributed by atoms with Gasteiger partial charge in [-0.25, -0.2) is 0 Å². The number of fused-ring (bicyclic) bond motifs is 1. The van der Waals surface area contributed by atoms with E-state index < -0.39 is 0 Å². The van der Waals surface area contributed by atoms with Gasteiger partial charge in [0.1, 0.15) is 0 Å². The van der Waals surface area contributed by atoms with Crippen LogP contribution in [-0.4, -0.2) is 57.2 Å². The Morgan fingerprint density at radius 3 is 3.05 bits per heavy atom. The van der Waals surface area contributed by atoms with Crippen molar-refractivity contribution in [3.8, 4) is 0 Å². The Morgan fingerprint density at radius 2 is 2.32 bits per heavy atom. The van der Waals surface area contributed by atoms with Gasteiger partial charge >= 0.3 is 0 Å². The van der Waals surface area contributed by atoms with Crippen LogP contribution in [0.3, 0.4) is 0 Å². The lowest BCUT2D eigenvalue weighted by atomic mass is 10.1. The molecule has 3 rings (SSSR count). The van der Waals surface area contributed by atoms with Gasteiger partial charge in [0.15, 0.2) is 0 Å². The zero-order valence-corrected chi connectivity index (χ0v) is 11.9. The number of rotatable bonds is 3. The highest BCUT2D eigenvalue weighted by molar-refractivity contribution is 6.30. The molecule has 2 aliphatic rings. The van der Waals surface area contributed by atoms with Crippen LogP contribution in [0.4, 0.5) is 0 Å². The van der Waals surface area contributed by atoms with Crippen LogP contribution in [-0.2, 0) is 11.3 Å². The van der Waals surface area contributed by atoms with Crippen molar-refractivity contribution in [3.63, 3.8) is 0 Å². The number of piperazine rings is 1. The molecule has 0 saturated carbocycles. The maximum atomic E-state index is 12.3. The topological polar surface area (TPSA) is 41.4 Å². The van der Waals surface area contributed by atoms with Gasteiger partial charge in [0.2, 0.25) is 5.91 Å². The molecule has 0 unspecified atom stereocenters. The van der Waals surface area contributed by atoms with E-state index in [0.717, 1.165) is 39.0 Å². The molecule has 0 bridgehead atoms. The van der Waals surface area contributed by atoms with E-state index >= 15 is 0 Å². The van der Waals surface area contributed by atoms with Crippen molar-refractivity contribution in [2.75, 3.05) is 19.6 Å². The zero-order chi connectivity index (χ0) is 13.4. The van der Waals surface area contributed by atoms with E-state index in [1.165, 1.54) is 0 Å². The third kappa shape index (κ3) is 2.49. The predicted molar refractivity (Wildman–Crippen MR) is 73.0 cm³/mol. The first kappa shape index (κ1) is 12.9. The normalized spacial score (nSPS) is 27.9. The molecule has 0 aliphatic carbocycles. The van der Waals surface area contributed by atoms with Gasteiger partial charge in [0.25, 0.3) is 0 Å². The molecule has 6 heteroatoms. The summed E-state index contributed by atoms with van der Waals surface area (Å²) < 4.78 is 1.83. The van der Waals surface area contributed by atoms with Crippen LogP contribution in [0.5, 0.6) is 0 Å². The summed E-state index contributed by atoms with van der Waals surface area (Å²) in [4.78, 5) is 16.6. The van der Waals surface area contributed by atoms with E-state index in [9.17, 15) is 4.79 Å². The van der Waals surface area contributed by atoms with E-state index in [4.69, 9.17) is 11.6 Å².